The summed E-state index contributed by atoms with van der Waals surface area (Å²) in [5.41, 5.74) is 3.51. The normalized spacial score (nSPS) is 22.4. The Morgan fingerprint density at radius 1 is 1.20 bits per heavy atom. The molecule has 1 saturated carbocycles. The maximum absolute atomic E-state index is 12.0. The van der Waals surface area contributed by atoms with Crippen LogP contribution in [0.5, 0.6) is 0 Å². The number of amides is 1. The molecule has 0 aromatic heterocycles. The van der Waals surface area contributed by atoms with Crippen molar-refractivity contribution in [2.45, 2.75) is 52.5 Å². The fourth-order valence-corrected chi connectivity index (χ4v) is 2.80. The van der Waals surface area contributed by atoms with Gasteiger partial charge in [-0.25, -0.2) is 0 Å². The van der Waals surface area contributed by atoms with Crippen molar-refractivity contribution >= 4 is 11.6 Å². The number of rotatable bonds is 4. The lowest BCUT2D eigenvalue weighted by molar-refractivity contribution is -0.120. The third-order valence-electron chi connectivity index (χ3n) is 4.42. The Morgan fingerprint density at radius 3 is 2.60 bits per heavy atom. The van der Waals surface area contributed by atoms with Crippen LogP contribution in [0.3, 0.4) is 0 Å². The summed E-state index contributed by atoms with van der Waals surface area (Å²) in [6.45, 7) is 6.82. The van der Waals surface area contributed by atoms with Crippen molar-refractivity contribution in [1.29, 1.82) is 0 Å². The molecule has 0 spiro atoms. The first-order chi connectivity index (χ1) is 9.56. The van der Waals surface area contributed by atoms with Crippen molar-refractivity contribution in [3.05, 3.63) is 29.3 Å². The van der Waals surface area contributed by atoms with E-state index in [-0.39, 0.29) is 5.91 Å². The molecule has 0 bridgehead atoms. The third kappa shape index (κ3) is 3.99. The van der Waals surface area contributed by atoms with Gasteiger partial charge in [-0.15, -0.1) is 0 Å². The number of carbonyl (C=O) groups is 1. The second-order valence-electron chi connectivity index (χ2n) is 6.13. The lowest BCUT2D eigenvalue weighted by Crippen LogP contribution is -2.40. The van der Waals surface area contributed by atoms with E-state index in [0.29, 0.717) is 12.6 Å². The molecule has 1 aromatic rings. The number of nitrogens with one attached hydrogen (secondary N) is 2. The Balaban J connectivity index is 1.79. The van der Waals surface area contributed by atoms with Crippen LogP contribution in [-0.2, 0) is 4.79 Å². The van der Waals surface area contributed by atoms with E-state index in [2.05, 4.69) is 37.5 Å². The van der Waals surface area contributed by atoms with Gasteiger partial charge in [0.15, 0.2) is 0 Å². The zero-order chi connectivity index (χ0) is 14.5. The first-order valence-corrected chi connectivity index (χ1v) is 7.65. The van der Waals surface area contributed by atoms with Gasteiger partial charge in [-0.3, -0.25) is 4.79 Å². The summed E-state index contributed by atoms with van der Waals surface area (Å²) in [5, 5.41) is 6.38. The lowest BCUT2D eigenvalue weighted by atomic mass is 9.87. The van der Waals surface area contributed by atoms with Gasteiger partial charge < -0.3 is 10.6 Å². The van der Waals surface area contributed by atoms with Gasteiger partial charge in [-0.2, -0.15) is 0 Å². The van der Waals surface area contributed by atoms with Gasteiger partial charge in [0.05, 0.1) is 6.54 Å². The molecular formula is C17H26N2O. The van der Waals surface area contributed by atoms with Gasteiger partial charge >= 0.3 is 0 Å². The predicted octanol–water partition coefficient (Wildman–Crippen LogP) is 3.41. The van der Waals surface area contributed by atoms with Crippen LogP contribution in [0.2, 0.25) is 0 Å². The zero-order valence-corrected chi connectivity index (χ0v) is 12.8. The summed E-state index contributed by atoms with van der Waals surface area (Å²) in [4.78, 5) is 12.0. The molecule has 2 N–H and O–H groups in total. The van der Waals surface area contributed by atoms with Crippen LogP contribution in [0.1, 0.15) is 43.7 Å². The molecule has 0 aliphatic heterocycles. The molecule has 1 amide bonds. The van der Waals surface area contributed by atoms with Gasteiger partial charge in [-0.1, -0.05) is 19.1 Å². The average molecular weight is 274 g/mol. The highest BCUT2D eigenvalue weighted by molar-refractivity contribution is 5.81. The summed E-state index contributed by atoms with van der Waals surface area (Å²) in [6.07, 6.45) is 4.71. The van der Waals surface area contributed by atoms with Crippen molar-refractivity contribution in [1.82, 2.24) is 5.32 Å². The molecule has 3 heteroatoms. The van der Waals surface area contributed by atoms with Crippen LogP contribution in [-0.4, -0.2) is 18.5 Å². The van der Waals surface area contributed by atoms with Crippen LogP contribution in [0.15, 0.2) is 18.2 Å². The number of aryl methyl sites for hydroxylation is 1. The minimum atomic E-state index is 0.102. The third-order valence-corrected chi connectivity index (χ3v) is 4.42. The van der Waals surface area contributed by atoms with Crippen LogP contribution in [0, 0.1) is 19.8 Å². The fraction of sp³-hybridized carbons (Fsp3) is 0.588. The van der Waals surface area contributed by atoms with E-state index >= 15 is 0 Å². The number of hydrogen-bond donors (Lipinski definition) is 2. The maximum Gasteiger partial charge on any atom is 0.239 e. The largest absolute Gasteiger partial charge is 0.376 e. The van der Waals surface area contributed by atoms with Crippen LogP contribution < -0.4 is 10.6 Å². The van der Waals surface area contributed by atoms with E-state index in [0.717, 1.165) is 24.4 Å². The molecule has 2 rings (SSSR count). The van der Waals surface area contributed by atoms with Gasteiger partial charge in [0, 0.05) is 11.7 Å². The van der Waals surface area contributed by atoms with Gasteiger partial charge in [0.1, 0.15) is 0 Å². The van der Waals surface area contributed by atoms with Crippen molar-refractivity contribution < 1.29 is 4.79 Å². The maximum atomic E-state index is 12.0. The summed E-state index contributed by atoms with van der Waals surface area (Å²) < 4.78 is 0. The second-order valence-corrected chi connectivity index (χ2v) is 6.13. The van der Waals surface area contributed by atoms with Gasteiger partial charge in [0.25, 0.3) is 0 Å². The molecule has 0 radical (unpaired) electrons. The minimum absolute atomic E-state index is 0.102. The Bertz CT molecular complexity index is 462. The highest BCUT2D eigenvalue weighted by Gasteiger charge is 2.19. The Labute approximate surface area is 122 Å². The first kappa shape index (κ1) is 14.9. The average Bonchev–Trinajstić information content (AvgIpc) is 2.43. The number of benzene rings is 1. The molecule has 0 unspecified atom stereocenters. The monoisotopic (exact) mass is 274 g/mol. The van der Waals surface area contributed by atoms with Crippen LogP contribution in [0.4, 0.5) is 5.69 Å². The highest BCUT2D eigenvalue weighted by Crippen LogP contribution is 2.23. The zero-order valence-electron chi connectivity index (χ0n) is 12.8. The quantitative estimate of drug-likeness (QED) is 0.883. The molecule has 0 heterocycles. The molecule has 0 atom stereocenters. The molecule has 1 fully saturated rings. The van der Waals surface area contributed by atoms with E-state index in [1.54, 1.807) is 0 Å². The first-order valence-electron chi connectivity index (χ1n) is 7.65. The summed E-state index contributed by atoms with van der Waals surface area (Å²) in [7, 11) is 0. The Hall–Kier alpha value is -1.51. The molecule has 0 saturated heterocycles. The second kappa shape index (κ2) is 6.78. The van der Waals surface area contributed by atoms with E-state index in [1.165, 1.54) is 24.0 Å². The summed E-state index contributed by atoms with van der Waals surface area (Å²) in [6, 6.07) is 6.51. The van der Waals surface area contributed by atoms with E-state index in [9.17, 15) is 4.79 Å². The SMILES string of the molecule is Cc1cccc(NCC(=O)NC2CCC(C)CC2)c1C. The number of anilines is 1. The van der Waals surface area contributed by atoms with E-state index in [4.69, 9.17) is 0 Å². The molecule has 3 nitrogen and oxygen atoms in total. The molecule has 1 aromatic carbocycles. The molecular weight excluding hydrogens is 248 g/mol. The van der Waals surface area contributed by atoms with Crippen LogP contribution >= 0.6 is 0 Å². The van der Waals surface area contributed by atoms with E-state index < -0.39 is 0 Å². The van der Waals surface area contributed by atoms with Crippen molar-refractivity contribution in [2.75, 3.05) is 11.9 Å². The van der Waals surface area contributed by atoms with E-state index in [1.807, 2.05) is 12.1 Å². The lowest BCUT2D eigenvalue weighted by Gasteiger charge is -2.27. The number of hydrogen-bond acceptors (Lipinski definition) is 2. The molecule has 1 aliphatic carbocycles. The van der Waals surface area contributed by atoms with Crippen molar-refractivity contribution in [3.8, 4) is 0 Å². The van der Waals surface area contributed by atoms with Crippen molar-refractivity contribution in [2.24, 2.45) is 5.92 Å². The number of carbonyl (C=O) groups excluding carboxylic acids is 1. The van der Waals surface area contributed by atoms with Gasteiger partial charge in [-0.05, 0) is 62.6 Å². The smallest absolute Gasteiger partial charge is 0.239 e. The summed E-state index contributed by atoms with van der Waals surface area (Å²) in [5.74, 6) is 0.918. The fourth-order valence-electron chi connectivity index (χ4n) is 2.80. The standard InChI is InChI=1S/C17H26N2O/c1-12-7-9-15(10-8-12)19-17(20)11-18-16-6-4-5-13(2)14(16)3/h4-6,12,15,18H,7-11H2,1-3H3,(H,19,20). The highest BCUT2D eigenvalue weighted by atomic mass is 16.1. The minimum Gasteiger partial charge on any atom is -0.376 e. The molecule has 110 valence electrons. The molecule has 20 heavy (non-hydrogen) atoms. The topological polar surface area (TPSA) is 41.1 Å². The predicted molar refractivity (Wildman–Crippen MR) is 84.0 cm³/mol. The van der Waals surface area contributed by atoms with Crippen LogP contribution in [0.25, 0.3) is 0 Å². The summed E-state index contributed by atoms with van der Waals surface area (Å²) >= 11 is 0. The van der Waals surface area contributed by atoms with Gasteiger partial charge in [0.2, 0.25) is 5.91 Å². The Kier molecular flexibility index (Phi) is 5.05. The Morgan fingerprint density at radius 2 is 1.90 bits per heavy atom. The molecule has 1 aliphatic rings. The van der Waals surface area contributed by atoms with Crippen molar-refractivity contribution in [3.63, 3.8) is 0 Å².